The zero-order valence-electron chi connectivity index (χ0n) is 19.2. The predicted molar refractivity (Wildman–Crippen MR) is 125 cm³/mol. The summed E-state index contributed by atoms with van der Waals surface area (Å²) in [5.74, 6) is 0.552. The molecule has 0 unspecified atom stereocenters. The first-order valence-electron chi connectivity index (χ1n) is 10.8. The quantitative estimate of drug-likeness (QED) is 0.647. The summed E-state index contributed by atoms with van der Waals surface area (Å²) in [5, 5.41) is 22.7. The fourth-order valence-corrected chi connectivity index (χ4v) is 4.67. The molecule has 0 radical (unpaired) electrons. The van der Waals surface area contributed by atoms with Gasteiger partial charge in [-0.1, -0.05) is 6.07 Å². The minimum absolute atomic E-state index is 0.0175. The number of hydrogen-bond acceptors (Lipinski definition) is 6. The number of piperidine rings is 1. The minimum Gasteiger partial charge on any atom is -0.507 e. The summed E-state index contributed by atoms with van der Waals surface area (Å²) in [6, 6.07) is 12.2. The van der Waals surface area contributed by atoms with E-state index in [2.05, 4.69) is 43.2 Å². The fraction of sp³-hybridized carbons (Fsp3) is 0.400. The Hall–Kier alpha value is -3.19. The van der Waals surface area contributed by atoms with Gasteiger partial charge < -0.3 is 19.7 Å². The van der Waals surface area contributed by atoms with Gasteiger partial charge in [0.15, 0.2) is 0 Å². The second-order valence-corrected chi connectivity index (χ2v) is 9.89. The first kappa shape index (κ1) is 22.0. The second-order valence-electron chi connectivity index (χ2n) is 9.89. The Morgan fingerprint density at radius 2 is 1.69 bits per heavy atom. The van der Waals surface area contributed by atoms with Crippen LogP contribution < -0.4 is 15.6 Å². The largest absolute Gasteiger partial charge is 0.507 e. The van der Waals surface area contributed by atoms with Crippen LogP contribution in [0.3, 0.4) is 0 Å². The van der Waals surface area contributed by atoms with E-state index >= 15 is 0 Å². The standard InChI is InChI=1S/C25H30N4O3/c1-24(2)14-18(15-25(3,4)28-24)32-22-9-8-20(26-27-22)19-7-6-16(12-21(19)30)17-10-11-29(5)23(31)13-17/h6-13,18,28,30H,14-15H2,1-5H3. The number of pyridine rings is 1. The van der Waals surface area contributed by atoms with Crippen LogP contribution in [-0.2, 0) is 7.05 Å². The molecule has 1 aromatic carbocycles. The molecule has 0 spiro atoms. The molecule has 1 aliphatic heterocycles. The fourth-order valence-electron chi connectivity index (χ4n) is 4.67. The number of phenolic OH excluding ortho intramolecular Hbond substituents is 1. The summed E-state index contributed by atoms with van der Waals surface area (Å²) >= 11 is 0. The lowest BCUT2D eigenvalue weighted by Gasteiger charge is -2.46. The molecule has 1 saturated heterocycles. The molecule has 4 rings (SSSR count). The monoisotopic (exact) mass is 434 g/mol. The average molecular weight is 435 g/mol. The molecule has 0 atom stereocenters. The summed E-state index contributed by atoms with van der Waals surface area (Å²) < 4.78 is 7.64. The summed E-state index contributed by atoms with van der Waals surface area (Å²) in [6.45, 7) is 8.72. The normalized spacial score (nSPS) is 17.8. The molecule has 7 heteroatoms. The van der Waals surface area contributed by atoms with Crippen LogP contribution in [0.2, 0.25) is 0 Å². The van der Waals surface area contributed by atoms with E-state index in [1.54, 1.807) is 43.6 Å². The Morgan fingerprint density at radius 1 is 1.00 bits per heavy atom. The molecule has 2 N–H and O–H groups in total. The molecule has 0 amide bonds. The molecule has 7 nitrogen and oxygen atoms in total. The number of nitrogens with zero attached hydrogens (tertiary/aromatic N) is 3. The average Bonchev–Trinajstić information content (AvgIpc) is 2.68. The highest BCUT2D eigenvalue weighted by molar-refractivity contribution is 5.74. The van der Waals surface area contributed by atoms with Crippen molar-refractivity contribution in [3.8, 4) is 34.0 Å². The molecule has 1 fully saturated rings. The van der Waals surface area contributed by atoms with E-state index in [0.717, 1.165) is 24.0 Å². The van der Waals surface area contributed by atoms with Gasteiger partial charge in [0.1, 0.15) is 11.9 Å². The molecule has 168 valence electrons. The highest BCUT2D eigenvalue weighted by atomic mass is 16.5. The number of phenols is 1. The van der Waals surface area contributed by atoms with Crippen molar-refractivity contribution in [2.45, 2.75) is 57.7 Å². The van der Waals surface area contributed by atoms with Gasteiger partial charge in [-0.05, 0) is 63.1 Å². The van der Waals surface area contributed by atoms with E-state index < -0.39 is 0 Å². The Bertz CT molecular complexity index is 1170. The molecule has 3 aromatic rings. The van der Waals surface area contributed by atoms with E-state index in [0.29, 0.717) is 17.1 Å². The van der Waals surface area contributed by atoms with Crippen LogP contribution in [0.5, 0.6) is 11.6 Å². The lowest BCUT2D eigenvalue weighted by Crippen LogP contribution is -2.60. The lowest BCUT2D eigenvalue weighted by molar-refractivity contribution is 0.0524. The highest BCUT2D eigenvalue weighted by Gasteiger charge is 2.38. The Morgan fingerprint density at radius 3 is 2.28 bits per heavy atom. The van der Waals surface area contributed by atoms with Crippen molar-refractivity contribution in [2.75, 3.05) is 0 Å². The van der Waals surface area contributed by atoms with Crippen molar-refractivity contribution < 1.29 is 9.84 Å². The third-order valence-electron chi connectivity index (χ3n) is 5.79. The molecule has 1 aliphatic rings. The van der Waals surface area contributed by atoms with Gasteiger partial charge in [-0.15, -0.1) is 10.2 Å². The third-order valence-corrected chi connectivity index (χ3v) is 5.79. The van der Waals surface area contributed by atoms with Gasteiger partial charge in [-0.3, -0.25) is 4.79 Å². The summed E-state index contributed by atoms with van der Waals surface area (Å²) in [7, 11) is 1.70. The van der Waals surface area contributed by atoms with Crippen molar-refractivity contribution in [3.05, 3.63) is 59.0 Å². The number of aryl methyl sites for hydroxylation is 1. The minimum atomic E-state index is -0.104. The van der Waals surface area contributed by atoms with Gasteiger partial charge in [0.25, 0.3) is 5.56 Å². The van der Waals surface area contributed by atoms with E-state index in [9.17, 15) is 9.90 Å². The lowest BCUT2D eigenvalue weighted by atomic mass is 9.81. The van der Waals surface area contributed by atoms with E-state index in [1.165, 1.54) is 4.57 Å². The van der Waals surface area contributed by atoms with Crippen molar-refractivity contribution in [1.82, 2.24) is 20.1 Å². The van der Waals surface area contributed by atoms with E-state index in [1.807, 2.05) is 12.1 Å². The number of benzene rings is 1. The maximum atomic E-state index is 11.9. The zero-order chi connectivity index (χ0) is 23.1. The van der Waals surface area contributed by atoms with Crippen LogP contribution in [-0.4, -0.2) is 37.1 Å². The van der Waals surface area contributed by atoms with Crippen LogP contribution in [0, 0.1) is 0 Å². The highest BCUT2D eigenvalue weighted by Crippen LogP contribution is 2.33. The Balaban J connectivity index is 1.51. The summed E-state index contributed by atoms with van der Waals surface area (Å²) in [4.78, 5) is 11.9. The Kier molecular flexibility index (Phi) is 5.54. The summed E-state index contributed by atoms with van der Waals surface area (Å²) in [5.41, 5.74) is 2.49. The number of ether oxygens (including phenoxy) is 1. The first-order chi connectivity index (χ1) is 15.0. The first-order valence-corrected chi connectivity index (χ1v) is 10.8. The van der Waals surface area contributed by atoms with Crippen LogP contribution in [0.4, 0.5) is 0 Å². The maximum absolute atomic E-state index is 11.9. The number of aromatic hydroxyl groups is 1. The topological polar surface area (TPSA) is 89.3 Å². The van der Waals surface area contributed by atoms with Gasteiger partial charge in [0.05, 0.1) is 5.69 Å². The zero-order valence-corrected chi connectivity index (χ0v) is 19.2. The van der Waals surface area contributed by atoms with E-state index in [4.69, 9.17) is 4.74 Å². The summed E-state index contributed by atoms with van der Waals surface area (Å²) in [6.07, 6.45) is 3.51. The number of aromatic nitrogens is 3. The molecule has 2 aromatic heterocycles. The van der Waals surface area contributed by atoms with Gasteiger partial charge in [-0.2, -0.15) is 0 Å². The molecular weight excluding hydrogens is 404 g/mol. The number of nitrogens with one attached hydrogen (secondary N) is 1. The van der Waals surface area contributed by atoms with Crippen molar-refractivity contribution >= 4 is 0 Å². The molecule has 32 heavy (non-hydrogen) atoms. The van der Waals surface area contributed by atoms with Gasteiger partial charge in [0, 0.05) is 54.9 Å². The molecule has 0 bridgehead atoms. The van der Waals surface area contributed by atoms with Crippen LogP contribution in [0.1, 0.15) is 40.5 Å². The smallest absolute Gasteiger partial charge is 0.250 e. The van der Waals surface area contributed by atoms with Crippen molar-refractivity contribution in [1.29, 1.82) is 0 Å². The molecule has 3 heterocycles. The molecule has 0 aliphatic carbocycles. The van der Waals surface area contributed by atoms with Gasteiger partial charge in [0.2, 0.25) is 5.88 Å². The number of rotatable bonds is 4. The van der Waals surface area contributed by atoms with Gasteiger partial charge in [-0.25, -0.2) is 0 Å². The third kappa shape index (κ3) is 4.83. The molecule has 0 saturated carbocycles. The van der Waals surface area contributed by atoms with Crippen LogP contribution >= 0.6 is 0 Å². The Labute approximate surface area is 188 Å². The maximum Gasteiger partial charge on any atom is 0.250 e. The van der Waals surface area contributed by atoms with E-state index in [-0.39, 0.29) is 28.5 Å². The second kappa shape index (κ2) is 8.06. The molecular formula is C25H30N4O3. The number of hydrogen-bond donors (Lipinski definition) is 2. The van der Waals surface area contributed by atoms with Crippen molar-refractivity contribution in [2.24, 2.45) is 7.05 Å². The predicted octanol–water partition coefficient (Wildman–Crippen LogP) is 3.90. The van der Waals surface area contributed by atoms with Gasteiger partial charge >= 0.3 is 0 Å². The van der Waals surface area contributed by atoms with Crippen LogP contribution in [0.25, 0.3) is 22.4 Å². The van der Waals surface area contributed by atoms with Crippen molar-refractivity contribution in [3.63, 3.8) is 0 Å². The SMILES string of the molecule is Cn1ccc(-c2ccc(-c3ccc(OC4CC(C)(C)NC(C)(C)C4)nn3)c(O)c2)cc1=O. The van der Waals surface area contributed by atoms with Crippen LogP contribution in [0.15, 0.2) is 53.5 Å².